The first-order chi connectivity index (χ1) is 4.04. The minimum absolute atomic E-state index is 0. The van der Waals surface area contributed by atoms with Gasteiger partial charge in [0.15, 0.2) is 0 Å². The van der Waals surface area contributed by atoms with E-state index in [0.29, 0.717) is 0 Å². The summed E-state index contributed by atoms with van der Waals surface area (Å²) in [7, 11) is 0. The molecule has 0 unspecified atom stereocenters. The molecule has 0 aromatic carbocycles. The zero-order valence-corrected chi connectivity index (χ0v) is 5.85. The molecular formula is C5H4NiO4. The van der Waals surface area contributed by atoms with Gasteiger partial charge in [0.1, 0.15) is 0 Å². The molecule has 0 saturated carbocycles. The van der Waals surface area contributed by atoms with Crippen LogP contribution in [0.25, 0.3) is 0 Å². The monoisotopic (exact) mass is 186 g/mol. The zero-order chi connectivity index (χ0) is 7.44. The smallest absolute Gasteiger partial charge is 0.550 e. The molecule has 5 heteroatoms. The number of carboxylic acids is 2. The molecule has 58 valence electrons. The Morgan fingerprint density at radius 2 is 1.70 bits per heavy atom. The third-order valence-corrected chi connectivity index (χ3v) is 0.646. The Kier molecular flexibility index (Phi) is 5.95. The molecule has 0 spiro atoms. The van der Waals surface area contributed by atoms with Crippen molar-refractivity contribution in [3.8, 4) is 0 Å². The predicted octanol–water partition coefficient (Wildman–Crippen LogP) is -2.57. The molecule has 0 saturated heterocycles. The van der Waals surface area contributed by atoms with E-state index in [9.17, 15) is 19.8 Å². The van der Waals surface area contributed by atoms with Gasteiger partial charge in [-0.2, -0.15) is 0 Å². The van der Waals surface area contributed by atoms with Crippen molar-refractivity contribution in [2.45, 2.75) is 6.42 Å². The van der Waals surface area contributed by atoms with Crippen molar-refractivity contribution in [3.63, 3.8) is 0 Å². The molecule has 0 atom stereocenters. The Balaban J connectivity index is 0. The average molecular weight is 187 g/mol. The van der Waals surface area contributed by atoms with Crippen LogP contribution in [-0.4, -0.2) is 11.9 Å². The molecule has 0 N–H and O–H groups in total. The van der Waals surface area contributed by atoms with Gasteiger partial charge in [0.05, 0.1) is 5.97 Å². The van der Waals surface area contributed by atoms with Gasteiger partial charge in [0, 0.05) is 12.4 Å². The van der Waals surface area contributed by atoms with Gasteiger partial charge in [0.2, 0.25) is 0 Å². The molecule has 0 aliphatic heterocycles. The van der Waals surface area contributed by atoms with Gasteiger partial charge in [-0.3, -0.25) is 0 Å². The van der Waals surface area contributed by atoms with Crippen LogP contribution in [0.15, 0.2) is 12.2 Å². The van der Waals surface area contributed by atoms with Crippen molar-refractivity contribution in [1.29, 1.82) is 0 Å². The fourth-order valence-corrected chi connectivity index (χ4v) is 0.246. The molecule has 0 amide bonds. The number of hydrogen-bond acceptors (Lipinski definition) is 4. The summed E-state index contributed by atoms with van der Waals surface area (Å²) < 4.78 is 0. The van der Waals surface area contributed by atoms with Crippen LogP contribution in [0.4, 0.5) is 0 Å². The number of aliphatic carboxylic acids is 2. The van der Waals surface area contributed by atoms with Crippen molar-refractivity contribution in [2.24, 2.45) is 0 Å². The quantitative estimate of drug-likeness (QED) is 0.359. The van der Waals surface area contributed by atoms with E-state index in [1.54, 1.807) is 0 Å². The van der Waals surface area contributed by atoms with E-state index in [2.05, 4.69) is 6.58 Å². The summed E-state index contributed by atoms with van der Waals surface area (Å²) >= 11 is 0. The Bertz CT molecular complexity index is 163. The van der Waals surface area contributed by atoms with Gasteiger partial charge in [-0.25, -0.2) is 0 Å². The maximum absolute atomic E-state index is 9.73. The van der Waals surface area contributed by atoms with Crippen LogP contribution >= 0.6 is 0 Å². The van der Waals surface area contributed by atoms with Crippen LogP contribution in [0.2, 0.25) is 0 Å². The largest absolute Gasteiger partial charge is 2.00 e. The van der Waals surface area contributed by atoms with E-state index in [1.165, 1.54) is 0 Å². The van der Waals surface area contributed by atoms with Crippen LogP contribution in [0.5, 0.6) is 0 Å². The first-order valence-corrected chi connectivity index (χ1v) is 2.13. The molecule has 0 aliphatic carbocycles. The fraction of sp³-hybridized carbons (Fsp3) is 0.200. The van der Waals surface area contributed by atoms with Crippen LogP contribution in [0, 0.1) is 0 Å². The maximum atomic E-state index is 9.73. The predicted molar refractivity (Wildman–Crippen MR) is 23.8 cm³/mol. The standard InChI is InChI=1S/C5H6O4.Ni/c1-3(5(8)9)2-4(6)7;/h1-2H2,(H,6,7)(H,8,9);/q;+2/p-2. The fourth-order valence-electron chi connectivity index (χ4n) is 0.246. The van der Waals surface area contributed by atoms with Crippen molar-refractivity contribution < 1.29 is 36.3 Å². The summed E-state index contributed by atoms with van der Waals surface area (Å²) in [5.74, 6) is -3.02. The summed E-state index contributed by atoms with van der Waals surface area (Å²) in [6, 6.07) is 0. The first-order valence-electron chi connectivity index (χ1n) is 2.13. The summed E-state index contributed by atoms with van der Waals surface area (Å²) in [5.41, 5.74) is -0.477. The van der Waals surface area contributed by atoms with Crippen LogP contribution < -0.4 is 10.2 Å². The van der Waals surface area contributed by atoms with Gasteiger partial charge in [-0.1, -0.05) is 6.58 Å². The molecular weight excluding hydrogens is 183 g/mol. The van der Waals surface area contributed by atoms with Gasteiger partial charge >= 0.3 is 16.5 Å². The minimum atomic E-state index is -1.56. The third kappa shape index (κ3) is 5.31. The summed E-state index contributed by atoms with van der Waals surface area (Å²) in [5, 5.41) is 19.4. The molecule has 0 rings (SSSR count). The second-order valence-electron chi connectivity index (χ2n) is 1.44. The number of carboxylic acid groups (broad SMARTS) is 2. The maximum Gasteiger partial charge on any atom is 2.00 e. The van der Waals surface area contributed by atoms with Crippen molar-refractivity contribution in [3.05, 3.63) is 12.2 Å². The summed E-state index contributed by atoms with van der Waals surface area (Å²) in [6.45, 7) is 2.91. The second-order valence-corrected chi connectivity index (χ2v) is 1.44. The summed E-state index contributed by atoms with van der Waals surface area (Å²) in [4.78, 5) is 19.4. The van der Waals surface area contributed by atoms with Gasteiger partial charge in [-0.15, -0.1) is 0 Å². The zero-order valence-electron chi connectivity index (χ0n) is 4.86. The van der Waals surface area contributed by atoms with Crippen molar-refractivity contribution in [1.82, 2.24) is 0 Å². The molecule has 0 bridgehead atoms. The molecule has 0 radical (unpaired) electrons. The second kappa shape index (κ2) is 5.00. The third-order valence-electron chi connectivity index (χ3n) is 0.646. The van der Waals surface area contributed by atoms with E-state index in [0.717, 1.165) is 0 Å². The van der Waals surface area contributed by atoms with Gasteiger partial charge in [-0.05, 0) is 5.57 Å². The first kappa shape index (κ1) is 11.9. The topological polar surface area (TPSA) is 80.3 Å². The van der Waals surface area contributed by atoms with Gasteiger partial charge in [0.25, 0.3) is 0 Å². The number of carbonyl (C=O) groups is 2. The van der Waals surface area contributed by atoms with Crippen LogP contribution in [-0.2, 0) is 26.1 Å². The Morgan fingerprint density at radius 1 is 1.30 bits per heavy atom. The van der Waals surface area contributed by atoms with E-state index in [4.69, 9.17) is 0 Å². The average Bonchev–Trinajstić information content (AvgIpc) is 1.63. The molecule has 4 nitrogen and oxygen atoms in total. The van der Waals surface area contributed by atoms with E-state index in [1.807, 2.05) is 0 Å². The molecule has 0 fully saturated rings. The van der Waals surface area contributed by atoms with Crippen molar-refractivity contribution in [2.75, 3.05) is 0 Å². The van der Waals surface area contributed by atoms with E-state index < -0.39 is 23.9 Å². The minimum Gasteiger partial charge on any atom is -0.550 e. The van der Waals surface area contributed by atoms with Crippen LogP contribution in [0.3, 0.4) is 0 Å². The number of rotatable bonds is 3. The Morgan fingerprint density at radius 3 is 1.80 bits per heavy atom. The molecule has 0 aromatic heterocycles. The molecule has 0 aliphatic rings. The normalized spacial score (nSPS) is 7.60. The van der Waals surface area contributed by atoms with Gasteiger partial charge < -0.3 is 19.8 Å². The SMILES string of the molecule is C=C(CC(=O)[O-])C(=O)[O-].[Ni+2]. The molecule has 10 heavy (non-hydrogen) atoms. The Labute approximate surface area is 67.5 Å². The van der Waals surface area contributed by atoms with Crippen molar-refractivity contribution >= 4 is 11.9 Å². The molecule has 0 aromatic rings. The number of carbonyl (C=O) groups excluding carboxylic acids is 2. The Hall–Kier alpha value is -0.826. The summed E-state index contributed by atoms with van der Waals surface area (Å²) in [6.07, 6.45) is -0.678. The van der Waals surface area contributed by atoms with E-state index >= 15 is 0 Å². The van der Waals surface area contributed by atoms with E-state index in [-0.39, 0.29) is 16.5 Å². The molecule has 0 heterocycles. The van der Waals surface area contributed by atoms with Crippen LogP contribution in [0.1, 0.15) is 6.42 Å². The number of hydrogen-bond donors (Lipinski definition) is 0.